The molecule has 0 aromatic heterocycles. The van der Waals surface area contributed by atoms with Crippen molar-refractivity contribution in [2.24, 2.45) is 5.92 Å². The molecular weight excluding hydrogens is 202 g/mol. The predicted octanol–water partition coefficient (Wildman–Crippen LogP) is 2.25. The highest BCUT2D eigenvalue weighted by atomic mass is 16.6. The Morgan fingerprint density at radius 1 is 1.25 bits per heavy atom. The quantitative estimate of drug-likeness (QED) is 0.696. The van der Waals surface area contributed by atoms with Crippen molar-refractivity contribution in [2.45, 2.75) is 70.6 Å². The van der Waals surface area contributed by atoms with Crippen LogP contribution in [0.3, 0.4) is 0 Å². The normalized spacial score (nSPS) is 34.6. The summed E-state index contributed by atoms with van der Waals surface area (Å²) in [4.78, 5) is 11.9. The summed E-state index contributed by atoms with van der Waals surface area (Å²) >= 11 is 0. The van der Waals surface area contributed by atoms with Gasteiger partial charge < -0.3 is 10.1 Å². The molecule has 0 amide bonds. The van der Waals surface area contributed by atoms with Gasteiger partial charge in [0.15, 0.2) is 0 Å². The molecule has 92 valence electrons. The molecule has 1 N–H and O–H groups in total. The summed E-state index contributed by atoms with van der Waals surface area (Å²) < 4.78 is 5.43. The van der Waals surface area contributed by atoms with Gasteiger partial charge in [0, 0.05) is 6.04 Å². The first-order valence-corrected chi connectivity index (χ1v) is 6.44. The predicted molar refractivity (Wildman–Crippen MR) is 63.1 cm³/mol. The summed E-state index contributed by atoms with van der Waals surface area (Å²) in [5.74, 6) is 0.633. The van der Waals surface area contributed by atoms with Crippen molar-refractivity contribution in [3.8, 4) is 0 Å². The molecule has 1 heterocycles. The number of ether oxygens (including phenoxy) is 1. The van der Waals surface area contributed by atoms with Crippen LogP contribution in [0.4, 0.5) is 0 Å². The molecule has 0 bridgehead atoms. The van der Waals surface area contributed by atoms with Gasteiger partial charge in [0.1, 0.15) is 11.6 Å². The molecule has 0 unspecified atom stereocenters. The molecular formula is C13H23NO2. The Morgan fingerprint density at radius 2 is 1.94 bits per heavy atom. The van der Waals surface area contributed by atoms with Crippen molar-refractivity contribution in [3.63, 3.8) is 0 Å². The van der Waals surface area contributed by atoms with E-state index in [0.717, 1.165) is 6.42 Å². The Hall–Kier alpha value is -0.570. The van der Waals surface area contributed by atoms with Gasteiger partial charge in [0.05, 0.1) is 0 Å². The number of carbonyl (C=O) groups is 1. The average molecular weight is 225 g/mol. The van der Waals surface area contributed by atoms with Crippen molar-refractivity contribution in [3.05, 3.63) is 0 Å². The van der Waals surface area contributed by atoms with E-state index in [1.807, 2.05) is 20.8 Å². The maximum absolute atomic E-state index is 11.9. The molecule has 0 radical (unpaired) electrons. The largest absolute Gasteiger partial charge is 0.459 e. The molecule has 0 aromatic carbocycles. The van der Waals surface area contributed by atoms with Crippen molar-refractivity contribution >= 4 is 5.97 Å². The highest BCUT2D eigenvalue weighted by Crippen LogP contribution is 2.33. The fourth-order valence-electron chi connectivity index (χ4n) is 2.88. The molecule has 3 atom stereocenters. The highest BCUT2D eigenvalue weighted by molar-refractivity contribution is 5.76. The number of fused-ring (bicyclic) bond motifs is 1. The second-order valence-corrected chi connectivity index (χ2v) is 6.14. The van der Waals surface area contributed by atoms with E-state index in [4.69, 9.17) is 4.74 Å². The number of hydrogen-bond donors (Lipinski definition) is 1. The van der Waals surface area contributed by atoms with Gasteiger partial charge in [0.2, 0.25) is 0 Å². The molecule has 0 spiro atoms. The molecule has 3 nitrogen and oxygen atoms in total. The number of rotatable bonds is 1. The van der Waals surface area contributed by atoms with Gasteiger partial charge in [-0.2, -0.15) is 0 Å². The Bertz CT molecular complexity index is 256. The van der Waals surface area contributed by atoms with Crippen LogP contribution in [0, 0.1) is 5.92 Å². The number of esters is 1. The van der Waals surface area contributed by atoms with Crippen molar-refractivity contribution in [1.82, 2.24) is 5.32 Å². The molecule has 2 fully saturated rings. The molecule has 16 heavy (non-hydrogen) atoms. The standard InChI is InChI=1S/C13H23NO2/c1-13(2,3)16-12(15)11-8-9-6-4-5-7-10(9)14-11/h9-11,14H,4-8H2,1-3H3/t9-,10-,11-/m1/s1. The molecule has 1 aliphatic carbocycles. The van der Waals surface area contributed by atoms with Crippen LogP contribution in [0.2, 0.25) is 0 Å². The Balaban J connectivity index is 1.90. The van der Waals surface area contributed by atoms with Crippen LogP contribution in [0.15, 0.2) is 0 Å². The lowest BCUT2D eigenvalue weighted by atomic mass is 9.85. The maximum Gasteiger partial charge on any atom is 0.323 e. The van der Waals surface area contributed by atoms with Gasteiger partial charge in [-0.1, -0.05) is 12.8 Å². The third kappa shape index (κ3) is 2.76. The summed E-state index contributed by atoms with van der Waals surface area (Å²) in [5, 5.41) is 3.44. The lowest BCUT2D eigenvalue weighted by molar-refractivity contribution is -0.157. The molecule has 1 saturated heterocycles. The zero-order valence-electron chi connectivity index (χ0n) is 10.6. The summed E-state index contributed by atoms with van der Waals surface area (Å²) in [7, 11) is 0. The molecule has 1 saturated carbocycles. The van der Waals surface area contributed by atoms with Gasteiger partial charge in [-0.3, -0.25) is 4.79 Å². The highest BCUT2D eigenvalue weighted by Gasteiger charge is 2.39. The van der Waals surface area contributed by atoms with E-state index in [1.165, 1.54) is 25.7 Å². The Kier molecular flexibility index (Phi) is 3.24. The second kappa shape index (κ2) is 4.36. The molecule has 2 rings (SSSR count). The molecule has 3 heteroatoms. The zero-order chi connectivity index (χ0) is 11.8. The van der Waals surface area contributed by atoms with Crippen LogP contribution in [0.25, 0.3) is 0 Å². The van der Waals surface area contributed by atoms with E-state index in [0.29, 0.717) is 12.0 Å². The lowest BCUT2D eigenvalue weighted by Crippen LogP contribution is -2.40. The van der Waals surface area contributed by atoms with E-state index in [9.17, 15) is 4.79 Å². The minimum Gasteiger partial charge on any atom is -0.459 e. The van der Waals surface area contributed by atoms with Crippen LogP contribution in [-0.4, -0.2) is 23.7 Å². The van der Waals surface area contributed by atoms with Crippen LogP contribution in [-0.2, 0) is 9.53 Å². The monoisotopic (exact) mass is 225 g/mol. The van der Waals surface area contributed by atoms with Crippen molar-refractivity contribution in [1.29, 1.82) is 0 Å². The molecule has 2 aliphatic rings. The third-order valence-corrected chi connectivity index (χ3v) is 3.55. The maximum atomic E-state index is 11.9. The van der Waals surface area contributed by atoms with E-state index in [-0.39, 0.29) is 17.6 Å². The van der Waals surface area contributed by atoms with Crippen LogP contribution >= 0.6 is 0 Å². The first-order chi connectivity index (χ1) is 7.46. The first-order valence-electron chi connectivity index (χ1n) is 6.44. The second-order valence-electron chi connectivity index (χ2n) is 6.14. The van der Waals surface area contributed by atoms with Crippen molar-refractivity contribution < 1.29 is 9.53 Å². The zero-order valence-corrected chi connectivity index (χ0v) is 10.6. The number of carbonyl (C=O) groups excluding carboxylic acids is 1. The molecule has 0 aromatic rings. The van der Waals surface area contributed by atoms with Gasteiger partial charge in [-0.25, -0.2) is 0 Å². The third-order valence-electron chi connectivity index (χ3n) is 3.55. The summed E-state index contributed by atoms with van der Waals surface area (Å²) in [6.45, 7) is 5.77. The van der Waals surface area contributed by atoms with Gasteiger partial charge in [-0.05, 0) is 46.0 Å². The molecule has 1 aliphatic heterocycles. The fourth-order valence-corrected chi connectivity index (χ4v) is 2.88. The van der Waals surface area contributed by atoms with Gasteiger partial charge in [-0.15, -0.1) is 0 Å². The van der Waals surface area contributed by atoms with Crippen molar-refractivity contribution in [2.75, 3.05) is 0 Å². The summed E-state index contributed by atoms with van der Waals surface area (Å²) in [6, 6.07) is 0.499. The van der Waals surface area contributed by atoms with Crippen LogP contribution < -0.4 is 5.32 Å². The van der Waals surface area contributed by atoms with E-state index < -0.39 is 0 Å². The minimum atomic E-state index is -0.369. The average Bonchev–Trinajstić information content (AvgIpc) is 2.58. The van der Waals surface area contributed by atoms with Crippen LogP contribution in [0.5, 0.6) is 0 Å². The summed E-state index contributed by atoms with van der Waals surface area (Å²) in [5.41, 5.74) is -0.369. The number of hydrogen-bond acceptors (Lipinski definition) is 3. The smallest absolute Gasteiger partial charge is 0.323 e. The Morgan fingerprint density at radius 3 is 2.56 bits per heavy atom. The number of nitrogens with one attached hydrogen (secondary N) is 1. The topological polar surface area (TPSA) is 38.3 Å². The van der Waals surface area contributed by atoms with E-state index in [1.54, 1.807) is 0 Å². The minimum absolute atomic E-state index is 0.0627. The lowest BCUT2D eigenvalue weighted by Gasteiger charge is -2.24. The van der Waals surface area contributed by atoms with Gasteiger partial charge in [0.25, 0.3) is 0 Å². The van der Waals surface area contributed by atoms with Gasteiger partial charge >= 0.3 is 5.97 Å². The fraction of sp³-hybridized carbons (Fsp3) is 0.923. The van der Waals surface area contributed by atoms with E-state index in [2.05, 4.69) is 5.32 Å². The first kappa shape index (κ1) is 11.9. The van der Waals surface area contributed by atoms with E-state index >= 15 is 0 Å². The SMILES string of the molecule is CC(C)(C)OC(=O)[C@H]1C[C@H]2CCCC[C@H]2N1. The van der Waals surface area contributed by atoms with Crippen LogP contribution in [0.1, 0.15) is 52.9 Å². The summed E-state index contributed by atoms with van der Waals surface area (Å²) in [6.07, 6.45) is 6.10. The Labute approximate surface area is 97.9 Å².